The van der Waals surface area contributed by atoms with Crippen molar-refractivity contribution in [2.75, 3.05) is 31.1 Å². The van der Waals surface area contributed by atoms with Gasteiger partial charge in [-0.05, 0) is 31.2 Å². The van der Waals surface area contributed by atoms with Crippen LogP contribution >= 0.6 is 0 Å². The van der Waals surface area contributed by atoms with Crippen LogP contribution in [0.15, 0.2) is 48.8 Å². The number of aryl methyl sites for hydroxylation is 1. The quantitative estimate of drug-likeness (QED) is 0.515. The zero-order valence-corrected chi connectivity index (χ0v) is 15.4. The summed E-state index contributed by atoms with van der Waals surface area (Å²) in [6, 6.07) is 11.8. The second-order valence-corrected chi connectivity index (χ2v) is 6.80. The molecule has 8 heteroatoms. The molecule has 0 bridgehead atoms. The van der Waals surface area contributed by atoms with Crippen molar-refractivity contribution in [2.24, 2.45) is 0 Å². The highest BCUT2D eigenvalue weighted by molar-refractivity contribution is 5.95. The van der Waals surface area contributed by atoms with E-state index in [0.29, 0.717) is 31.7 Å². The summed E-state index contributed by atoms with van der Waals surface area (Å²) in [6.45, 7) is 4.49. The number of aromatic nitrogens is 2. The molecule has 1 amide bonds. The van der Waals surface area contributed by atoms with Gasteiger partial charge in [0.2, 0.25) is 0 Å². The van der Waals surface area contributed by atoms with Crippen LogP contribution in [-0.4, -0.2) is 51.9 Å². The van der Waals surface area contributed by atoms with Gasteiger partial charge in [-0.15, -0.1) is 0 Å². The smallest absolute Gasteiger partial charge is 0.269 e. The number of hydrogen-bond acceptors (Lipinski definition) is 6. The Balaban J connectivity index is 1.48. The standard InChI is InChI=1S/C20H19N5O3/c1-14-2-7-18-17(12-14)19(22-13-21-18)23-8-10-24(11-9-23)20(26)15-3-5-16(6-4-15)25(27)28/h2-7,12-13H,8-11H2,1H3. The van der Waals surface area contributed by atoms with Crippen LogP contribution in [0.25, 0.3) is 10.9 Å². The van der Waals surface area contributed by atoms with Gasteiger partial charge in [-0.1, -0.05) is 11.6 Å². The van der Waals surface area contributed by atoms with E-state index in [-0.39, 0.29) is 11.6 Å². The number of nitrogens with zero attached hydrogens (tertiary/aromatic N) is 5. The highest BCUT2D eigenvalue weighted by atomic mass is 16.6. The molecule has 3 aromatic rings. The molecule has 8 nitrogen and oxygen atoms in total. The van der Waals surface area contributed by atoms with Crippen LogP contribution in [0.4, 0.5) is 11.5 Å². The zero-order chi connectivity index (χ0) is 19.7. The number of amides is 1. The Bertz CT molecular complexity index is 1040. The van der Waals surface area contributed by atoms with Crippen LogP contribution in [0.1, 0.15) is 15.9 Å². The molecule has 28 heavy (non-hydrogen) atoms. The molecular weight excluding hydrogens is 358 g/mol. The molecule has 2 aromatic carbocycles. The second kappa shape index (κ2) is 7.22. The zero-order valence-electron chi connectivity index (χ0n) is 15.4. The van der Waals surface area contributed by atoms with Crippen LogP contribution in [0, 0.1) is 17.0 Å². The van der Waals surface area contributed by atoms with Gasteiger partial charge in [0, 0.05) is 49.3 Å². The third-order valence-corrected chi connectivity index (χ3v) is 4.96. The molecule has 1 aliphatic rings. The SMILES string of the molecule is Cc1ccc2ncnc(N3CCN(C(=O)c4ccc([N+](=O)[O-])cc4)CC3)c2c1. The third kappa shape index (κ3) is 3.36. The van der Waals surface area contributed by atoms with Crippen molar-refractivity contribution in [3.05, 3.63) is 70.0 Å². The number of nitro benzene ring substituents is 1. The van der Waals surface area contributed by atoms with Crippen molar-refractivity contribution in [1.29, 1.82) is 0 Å². The van der Waals surface area contributed by atoms with Crippen molar-refractivity contribution in [3.8, 4) is 0 Å². The van der Waals surface area contributed by atoms with E-state index in [1.54, 1.807) is 11.2 Å². The Morgan fingerprint density at radius 2 is 1.75 bits per heavy atom. The number of hydrogen-bond donors (Lipinski definition) is 0. The first kappa shape index (κ1) is 17.8. The number of benzene rings is 2. The highest BCUT2D eigenvalue weighted by Crippen LogP contribution is 2.25. The molecule has 0 saturated carbocycles. The molecule has 0 radical (unpaired) electrons. The van der Waals surface area contributed by atoms with Crippen LogP contribution in [0.5, 0.6) is 0 Å². The predicted molar refractivity (Wildman–Crippen MR) is 105 cm³/mol. The fourth-order valence-corrected chi connectivity index (χ4v) is 3.44. The van der Waals surface area contributed by atoms with E-state index >= 15 is 0 Å². The molecule has 142 valence electrons. The van der Waals surface area contributed by atoms with Gasteiger partial charge in [-0.25, -0.2) is 9.97 Å². The van der Waals surface area contributed by atoms with Crippen LogP contribution < -0.4 is 4.90 Å². The maximum atomic E-state index is 12.7. The molecule has 1 fully saturated rings. The molecule has 0 N–H and O–H groups in total. The first-order valence-electron chi connectivity index (χ1n) is 9.03. The lowest BCUT2D eigenvalue weighted by Crippen LogP contribution is -2.49. The molecule has 0 unspecified atom stereocenters. The van der Waals surface area contributed by atoms with Gasteiger partial charge in [-0.2, -0.15) is 0 Å². The summed E-state index contributed by atoms with van der Waals surface area (Å²) in [5, 5.41) is 11.8. The number of anilines is 1. The van der Waals surface area contributed by atoms with Crippen molar-refractivity contribution in [2.45, 2.75) is 6.92 Å². The van der Waals surface area contributed by atoms with E-state index in [4.69, 9.17) is 0 Å². The lowest BCUT2D eigenvalue weighted by Gasteiger charge is -2.35. The Hall–Kier alpha value is -3.55. The van der Waals surface area contributed by atoms with E-state index in [1.165, 1.54) is 24.3 Å². The number of non-ortho nitro benzene ring substituents is 1. The summed E-state index contributed by atoms with van der Waals surface area (Å²) >= 11 is 0. The Morgan fingerprint density at radius 3 is 2.43 bits per heavy atom. The maximum absolute atomic E-state index is 12.7. The van der Waals surface area contributed by atoms with Crippen molar-refractivity contribution in [1.82, 2.24) is 14.9 Å². The Morgan fingerprint density at radius 1 is 1.04 bits per heavy atom. The minimum atomic E-state index is -0.471. The minimum Gasteiger partial charge on any atom is -0.352 e. The number of carbonyl (C=O) groups excluding carboxylic acids is 1. The van der Waals surface area contributed by atoms with Crippen molar-refractivity contribution < 1.29 is 9.72 Å². The molecule has 1 saturated heterocycles. The summed E-state index contributed by atoms with van der Waals surface area (Å²) in [5.41, 5.74) is 2.49. The van der Waals surface area contributed by atoms with Gasteiger partial charge in [0.15, 0.2) is 0 Å². The van der Waals surface area contributed by atoms with E-state index in [9.17, 15) is 14.9 Å². The Labute approximate surface area is 161 Å². The monoisotopic (exact) mass is 377 g/mol. The molecule has 0 aliphatic carbocycles. The van der Waals surface area contributed by atoms with Crippen LogP contribution in [-0.2, 0) is 0 Å². The van der Waals surface area contributed by atoms with Gasteiger partial charge in [-0.3, -0.25) is 14.9 Å². The van der Waals surface area contributed by atoms with Crippen LogP contribution in [0.2, 0.25) is 0 Å². The van der Waals surface area contributed by atoms with Gasteiger partial charge < -0.3 is 9.80 Å². The number of carbonyl (C=O) groups is 1. The van der Waals surface area contributed by atoms with Crippen molar-refractivity contribution in [3.63, 3.8) is 0 Å². The minimum absolute atomic E-state index is 0.0210. The van der Waals surface area contributed by atoms with E-state index in [0.717, 1.165) is 22.3 Å². The lowest BCUT2D eigenvalue weighted by molar-refractivity contribution is -0.384. The molecule has 0 spiro atoms. The molecule has 4 rings (SSSR count). The van der Waals surface area contributed by atoms with E-state index in [1.807, 2.05) is 19.1 Å². The predicted octanol–water partition coefficient (Wildman–Crippen LogP) is 2.81. The van der Waals surface area contributed by atoms with Crippen molar-refractivity contribution >= 4 is 28.3 Å². The average molecular weight is 377 g/mol. The van der Waals surface area contributed by atoms with E-state index in [2.05, 4.69) is 20.9 Å². The summed E-state index contributed by atoms with van der Waals surface area (Å²) in [7, 11) is 0. The molecule has 1 aliphatic heterocycles. The summed E-state index contributed by atoms with van der Waals surface area (Å²) in [4.78, 5) is 35.7. The van der Waals surface area contributed by atoms with E-state index < -0.39 is 4.92 Å². The summed E-state index contributed by atoms with van der Waals surface area (Å²) in [5.74, 6) is 0.772. The Kier molecular flexibility index (Phi) is 4.60. The maximum Gasteiger partial charge on any atom is 0.269 e. The first-order chi connectivity index (χ1) is 13.5. The fraction of sp³-hybridized carbons (Fsp3) is 0.250. The second-order valence-electron chi connectivity index (χ2n) is 6.80. The summed E-state index contributed by atoms with van der Waals surface area (Å²) in [6.07, 6.45) is 1.57. The fourth-order valence-electron chi connectivity index (χ4n) is 3.44. The third-order valence-electron chi connectivity index (χ3n) is 4.96. The topological polar surface area (TPSA) is 92.5 Å². The number of nitro groups is 1. The molecule has 1 aromatic heterocycles. The normalized spacial score (nSPS) is 14.3. The lowest BCUT2D eigenvalue weighted by atomic mass is 10.1. The summed E-state index contributed by atoms with van der Waals surface area (Å²) < 4.78 is 0. The van der Waals surface area contributed by atoms with Gasteiger partial charge >= 0.3 is 0 Å². The average Bonchev–Trinajstić information content (AvgIpc) is 2.73. The number of piperazine rings is 1. The van der Waals surface area contributed by atoms with Gasteiger partial charge in [0.1, 0.15) is 12.1 Å². The molecule has 2 heterocycles. The molecule has 0 atom stereocenters. The van der Waals surface area contributed by atoms with Crippen LogP contribution in [0.3, 0.4) is 0 Å². The highest BCUT2D eigenvalue weighted by Gasteiger charge is 2.24. The largest absolute Gasteiger partial charge is 0.352 e. The molecular formula is C20H19N5O3. The first-order valence-corrected chi connectivity index (χ1v) is 9.03. The van der Waals surface area contributed by atoms with Gasteiger partial charge in [0.25, 0.3) is 11.6 Å². The number of fused-ring (bicyclic) bond motifs is 1. The number of rotatable bonds is 3. The van der Waals surface area contributed by atoms with Gasteiger partial charge in [0.05, 0.1) is 10.4 Å².